The number of aromatic nitrogens is 2. The quantitative estimate of drug-likeness (QED) is 0.866. The number of H-pyrrole nitrogens is 1. The molecule has 1 unspecified atom stereocenters. The van der Waals surface area contributed by atoms with Crippen molar-refractivity contribution in [2.24, 2.45) is 0 Å². The molecule has 138 valence electrons. The summed E-state index contributed by atoms with van der Waals surface area (Å²) in [6, 6.07) is 8.43. The summed E-state index contributed by atoms with van der Waals surface area (Å²) in [5.41, 5.74) is 4.59. The largest absolute Gasteiger partial charge is 0.356 e. The van der Waals surface area contributed by atoms with Crippen LogP contribution in [0.1, 0.15) is 43.4 Å². The Labute approximate surface area is 154 Å². The molecule has 2 N–H and O–H groups in total. The van der Waals surface area contributed by atoms with Crippen LogP contribution in [-0.2, 0) is 9.59 Å². The van der Waals surface area contributed by atoms with E-state index in [0.29, 0.717) is 19.5 Å². The van der Waals surface area contributed by atoms with E-state index in [4.69, 9.17) is 0 Å². The van der Waals surface area contributed by atoms with Crippen molar-refractivity contribution in [1.82, 2.24) is 20.4 Å². The van der Waals surface area contributed by atoms with Gasteiger partial charge in [-0.2, -0.15) is 5.10 Å². The van der Waals surface area contributed by atoms with Crippen molar-refractivity contribution in [1.29, 1.82) is 0 Å². The summed E-state index contributed by atoms with van der Waals surface area (Å²) in [5, 5.41) is 10.1. The molecule has 1 atom stereocenters. The van der Waals surface area contributed by atoms with Crippen LogP contribution in [0.25, 0.3) is 11.1 Å². The van der Waals surface area contributed by atoms with Crippen LogP contribution in [0, 0.1) is 6.92 Å². The molecule has 2 heterocycles. The van der Waals surface area contributed by atoms with Gasteiger partial charge in [0.1, 0.15) is 0 Å². The molecule has 0 aliphatic carbocycles. The summed E-state index contributed by atoms with van der Waals surface area (Å²) in [4.78, 5) is 25.3. The number of carbonyl (C=O) groups is 2. The Bertz CT molecular complexity index is 766. The van der Waals surface area contributed by atoms with Gasteiger partial charge in [0.15, 0.2) is 0 Å². The Morgan fingerprint density at radius 2 is 2.08 bits per heavy atom. The highest BCUT2D eigenvalue weighted by atomic mass is 16.2. The van der Waals surface area contributed by atoms with Crippen molar-refractivity contribution in [3.8, 4) is 11.1 Å². The number of hydrogen-bond acceptors (Lipinski definition) is 3. The number of nitrogens with one attached hydrogen (secondary N) is 2. The van der Waals surface area contributed by atoms with E-state index in [-0.39, 0.29) is 17.7 Å². The minimum absolute atomic E-state index is 0.0971. The molecule has 2 aromatic rings. The third kappa shape index (κ3) is 4.31. The van der Waals surface area contributed by atoms with Gasteiger partial charge in [-0.05, 0) is 25.3 Å². The molecule has 0 spiro atoms. The van der Waals surface area contributed by atoms with E-state index in [2.05, 4.69) is 46.7 Å². The predicted molar refractivity (Wildman–Crippen MR) is 101 cm³/mol. The zero-order valence-electron chi connectivity index (χ0n) is 15.4. The lowest BCUT2D eigenvalue weighted by Crippen LogP contribution is -2.40. The summed E-state index contributed by atoms with van der Waals surface area (Å²) in [6.07, 6.45) is 4.23. The molecule has 1 aliphatic heterocycles. The van der Waals surface area contributed by atoms with Gasteiger partial charge in [-0.15, -0.1) is 0 Å². The summed E-state index contributed by atoms with van der Waals surface area (Å²) >= 11 is 0. The number of aromatic amines is 1. The standard InChI is InChI=1S/C20H26N4O2/c1-14-5-7-16(8-6-14)18-12-22-23-20(18)17-4-3-11-24(13-17)19(26)9-10-21-15(2)25/h5-8,12,17H,3-4,9-11,13H2,1-2H3,(H,21,25)(H,22,23). The van der Waals surface area contributed by atoms with Crippen molar-refractivity contribution in [3.63, 3.8) is 0 Å². The second-order valence-corrected chi connectivity index (χ2v) is 6.98. The number of hydrogen-bond donors (Lipinski definition) is 2. The average Bonchev–Trinajstić information content (AvgIpc) is 3.12. The Kier molecular flexibility index (Phi) is 5.71. The molecule has 1 saturated heterocycles. The molecule has 6 nitrogen and oxygen atoms in total. The molecule has 2 amide bonds. The number of carbonyl (C=O) groups excluding carboxylic acids is 2. The molecular formula is C20H26N4O2. The van der Waals surface area contributed by atoms with E-state index in [1.165, 1.54) is 12.5 Å². The lowest BCUT2D eigenvalue weighted by molar-refractivity contribution is -0.132. The number of rotatable bonds is 5. The highest BCUT2D eigenvalue weighted by Gasteiger charge is 2.27. The minimum atomic E-state index is -0.102. The van der Waals surface area contributed by atoms with Crippen LogP contribution in [0.3, 0.4) is 0 Å². The number of benzene rings is 1. The smallest absolute Gasteiger partial charge is 0.224 e. The molecule has 1 aliphatic rings. The third-order valence-corrected chi connectivity index (χ3v) is 4.93. The van der Waals surface area contributed by atoms with Gasteiger partial charge in [-0.3, -0.25) is 14.7 Å². The fourth-order valence-electron chi connectivity index (χ4n) is 3.51. The van der Waals surface area contributed by atoms with E-state index >= 15 is 0 Å². The van der Waals surface area contributed by atoms with Crippen molar-refractivity contribution in [2.75, 3.05) is 19.6 Å². The molecule has 0 bridgehead atoms. The highest BCUT2D eigenvalue weighted by molar-refractivity contribution is 5.78. The van der Waals surface area contributed by atoms with Crippen LogP contribution in [0.5, 0.6) is 0 Å². The Morgan fingerprint density at radius 3 is 2.81 bits per heavy atom. The van der Waals surface area contributed by atoms with E-state index in [9.17, 15) is 9.59 Å². The van der Waals surface area contributed by atoms with Crippen LogP contribution in [0.15, 0.2) is 30.5 Å². The van der Waals surface area contributed by atoms with E-state index in [1.807, 2.05) is 11.1 Å². The molecule has 3 rings (SSSR count). The first kappa shape index (κ1) is 18.2. The van der Waals surface area contributed by atoms with E-state index in [1.54, 1.807) is 0 Å². The first-order valence-corrected chi connectivity index (χ1v) is 9.17. The maximum atomic E-state index is 12.4. The molecular weight excluding hydrogens is 328 g/mol. The molecule has 6 heteroatoms. The summed E-state index contributed by atoms with van der Waals surface area (Å²) in [7, 11) is 0. The monoisotopic (exact) mass is 354 g/mol. The topological polar surface area (TPSA) is 78.1 Å². The van der Waals surface area contributed by atoms with Gasteiger partial charge in [0.25, 0.3) is 0 Å². The molecule has 1 aromatic carbocycles. The van der Waals surface area contributed by atoms with Crippen molar-refractivity contribution in [3.05, 3.63) is 41.7 Å². The van der Waals surface area contributed by atoms with Crippen molar-refractivity contribution >= 4 is 11.8 Å². The SMILES string of the molecule is CC(=O)NCCC(=O)N1CCCC(c2[nH]ncc2-c2ccc(C)cc2)C1. The fourth-order valence-corrected chi connectivity index (χ4v) is 3.51. The Hall–Kier alpha value is -2.63. The summed E-state index contributed by atoms with van der Waals surface area (Å²) < 4.78 is 0. The molecule has 0 saturated carbocycles. The van der Waals surface area contributed by atoms with Gasteiger partial charge < -0.3 is 10.2 Å². The zero-order chi connectivity index (χ0) is 18.5. The minimum Gasteiger partial charge on any atom is -0.356 e. The van der Waals surface area contributed by atoms with Crippen LogP contribution in [-0.4, -0.2) is 46.5 Å². The number of aryl methyl sites for hydroxylation is 1. The molecule has 0 radical (unpaired) electrons. The lowest BCUT2D eigenvalue weighted by Gasteiger charge is -2.33. The van der Waals surface area contributed by atoms with Crippen molar-refractivity contribution in [2.45, 2.75) is 39.0 Å². The van der Waals surface area contributed by atoms with Gasteiger partial charge >= 0.3 is 0 Å². The average molecular weight is 354 g/mol. The van der Waals surface area contributed by atoms with Crippen LogP contribution in [0.2, 0.25) is 0 Å². The second-order valence-electron chi connectivity index (χ2n) is 6.98. The summed E-state index contributed by atoms with van der Waals surface area (Å²) in [5.74, 6) is 0.252. The molecule has 1 fully saturated rings. The van der Waals surface area contributed by atoms with Gasteiger partial charge in [-0.25, -0.2) is 0 Å². The summed E-state index contributed by atoms with van der Waals surface area (Å²) in [6.45, 7) is 5.41. The molecule has 26 heavy (non-hydrogen) atoms. The number of likely N-dealkylation sites (tertiary alicyclic amines) is 1. The second kappa shape index (κ2) is 8.17. The van der Waals surface area contributed by atoms with Crippen molar-refractivity contribution < 1.29 is 9.59 Å². The number of piperidine rings is 1. The van der Waals surface area contributed by atoms with Gasteiger partial charge in [0.2, 0.25) is 11.8 Å². The predicted octanol–water partition coefficient (Wildman–Crippen LogP) is 2.62. The maximum absolute atomic E-state index is 12.4. The van der Waals surface area contributed by atoms with Crippen LogP contribution in [0.4, 0.5) is 0 Å². The lowest BCUT2D eigenvalue weighted by atomic mass is 9.90. The zero-order valence-corrected chi connectivity index (χ0v) is 15.4. The normalized spacial score (nSPS) is 17.2. The first-order chi connectivity index (χ1) is 12.5. The Morgan fingerprint density at radius 1 is 1.31 bits per heavy atom. The van der Waals surface area contributed by atoms with Crippen LogP contribution < -0.4 is 5.32 Å². The van der Waals surface area contributed by atoms with E-state index in [0.717, 1.165) is 36.2 Å². The Balaban J connectivity index is 1.68. The van der Waals surface area contributed by atoms with E-state index < -0.39 is 0 Å². The number of amides is 2. The van der Waals surface area contributed by atoms with Gasteiger partial charge in [0.05, 0.1) is 6.20 Å². The first-order valence-electron chi connectivity index (χ1n) is 9.17. The highest BCUT2D eigenvalue weighted by Crippen LogP contribution is 2.33. The third-order valence-electron chi connectivity index (χ3n) is 4.93. The van der Waals surface area contributed by atoms with Gasteiger partial charge in [-0.1, -0.05) is 29.8 Å². The maximum Gasteiger partial charge on any atom is 0.224 e. The van der Waals surface area contributed by atoms with Crippen LogP contribution >= 0.6 is 0 Å². The fraction of sp³-hybridized carbons (Fsp3) is 0.450. The number of nitrogens with zero attached hydrogens (tertiary/aromatic N) is 2. The van der Waals surface area contributed by atoms with Gasteiger partial charge in [0, 0.05) is 50.2 Å². The molecule has 1 aromatic heterocycles.